The van der Waals surface area contributed by atoms with Crippen molar-refractivity contribution in [3.05, 3.63) is 82.9 Å². The summed E-state index contributed by atoms with van der Waals surface area (Å²) in [5, 5.41) is 2.87. The molecule has 2 heterocycles. The van der Waals surface area contributed by atoms with Crippen molar-refractivity contribution in [1.82, 2.24) is 9.13 Å². The van der Waals surface area contributed by atoms with Crippen molar-refractivity contribution in [2.45, 2.75) is 13.1 Å². The Balaban J connectivity index is 0.00000182. The molecule has 25 heavy (non-hydrogen) atoms. The van der Waals surface area contributed by atoms with Crippen molar-refractivity contribution in [1.29, 1.82) is 0 Å². The van der Waals surface area contributed by atoms with E-state index in [2.05, 4.69) is 10.6 Å². The van der Waals surface area contributed by atoms with Crippen molar-refractivity contribution in [2.24, 2.45) is 5.73 Å². The highest BCUT2D eigenvalue weighted by molar-refractivity contribution is 6.05. The van der Waals surface area contributed by atoms with E-state index >= 15 is 0 Å². The Morgan fingerprint density at radius 2 is 1.60 bits per heavy atom. The van der Waals surface area contributed by atoms with Crippen LogP contribution in [0.4, 0.5) is 0 Å². The molecule has 4 nitrogen and oxygen atoms in total. The van der Waals surface area contributed by atoms with E-state index in [1.165, 1.54) is 0 Å². The first-order chi connectivity index (χ1) is 11.8. The standard InChI is InChI=1S/C20H19N3O.ClH/c21-10-13-22-11-8-16-6-7-18-17(19(16)22)9-12-23(20(18)24)14-15-4-2-1-3-5-15;/h1-9,11-12H,10,13-14,21H2;1H. The SMILES string of the molecule is Cl.NCCn1ccc2ccc3c(=O)n(Cc4ccccc4)ccc3c21. The molecular weight excluding hydrogens is 334 g/mol. The Labute approximate surface area is 151 Å². The van der Waals surface area contributed by atoms with Gasteiger partial charge in [-0.2, -0.15) is 0 Å². The monoisotopic (exact) mass is 353 g/mol. The summed E-state index contributed by atoms with van der Waals surface area (Å²) in [6.45, 7) is 1.90. The van der Waals surface area contributed by atoms with Crippen LogP contribution in [0.2, 0.25) is 0 Å². The van der Waals surface area contributed by atoms with E-state index in [1.54, 1.807) is 4.57 Å². The smallest absolute Gasteiger partial charge is 0.258 e. The predicted molar refractivity (Wildman–Crippen MR) is 106 cm³/mol. The number of pyridine rings is 1. The number of halogens is 1. The zero-order valence-corrected chi connectivity index (χ0v) is 14.6. The maximum Gasteiger partial charge on any atom is 0.258 e. The minimum atomic E-state index is 0. The van der Waals surface area contributed by atoms with Crippen LogP contribution in [0.1, 0.15) is 5.56 Å². The number of rotatable bonds is 4. The van der Waals surface area contributed by atoms with Crippen LogP contribution in [-0.2, 0) is 13.1 Å². The molecule has 0 spiro atoms. The molecule has 2 aromatic heterocycles. The molecule has 4 aromatic rings. The molecule has 0 saturated carbocycles. The lowest BCUT2D eigenvalue weighted by molar-refractivity contribution is 0.736. The van der Waals surface area contributed by atoms with E-state index in [1.807, 2.05) is 60.9 Å². The van der Waals surface area contributed by atoms with E-state index in [-0.39, 0.29) is 18.0 Å². The Hall–Kier alpha value is -2.56. The van der Waals surface area contributed by atoms with E-state index in [4.69, 9.17) is 5.73 Å². The van der Waals surface area contributed by atoms with Gasteiger partial charge >= 0.3 is 0 Å². The predicted octanol–water partition coefficient (Wildman–Crippen LogP) is 3.39. The van der Waals surface area contributed by atoms with E-state index in [0.717, 1.165) is 33.8 Å². The summed E-state index contributed by atoms with van der Waals surface area (Å²) in [6, 6.07) is 18.1. The molecule has 2 aromatic carbocycles. The lowest BCUT2D eigenvalue weighted by atomic mass is 10.1. The highest BCUT2D eigenvalue weighted by atomic mass is 35.5. The molecule has 0 unspecified atom stereocenters. The van der Waals surface area contributed by atoms with Gasteiger partial charge in [-0.3, -0.25) is 4.79 Å². The molecule has 5 heteroatoms. The summed E-state index contributed by atoms with van der Waals surface area (Å²) >= 11 is 0. The normalized spacial score (nSPS) is 10.9. The average Bonchev–Trinajstić information content (AvgIpc) is 3.02. The van der Waals surface area contributed by atoms with Gasteiger partial charge in [-0.15, -0.1) is 12.4 Å². The Bertz CT molecular complexity index is 1070. The highest BCUT2D eigenvalue weighted by Gasteiger charge is 2.10. The first-order valence-corrected chi connectivity index (χ1v) is 8.13. The molecule has 128 valence electrons. The van der Waals surface area contributed by atoms with Gasteiger partial charge in [-0.1, -0.05) is 36.4 Å². The molecule has 0 amide bonds. The highest BCUT2D eigenvalue weighted by Crippen LogP contribution is 2.24. The fourth-order valence-corrected chi connectivity index (χ4v) is 3.30. The van der Waals surface area contributed by atoms with E-state index < -0.39 is 0 Å². The third kappa shape index (κ3) is 3.06. The van der Waals surface area contributed by atoms with Crippen LogP contribution >= 0.6 is 12.4 Å². The summed E-state index contributed by atoms with van der Waals surface area (Å²) in [6.07, 6.45) is 3.92. The summed E-state index contributed by atoms with van der Waals surface area (Å²) in [7, 11) is 0. The lowest BCUT2D eigenvalue weighted by Gasteiger charge is -2.10. The van der Waals surface area contributed by atoms with Gasteiger partial charge in [0.25, 0.3) is 5.56 Å². The molecule has 0 aliphatic carbocycles. The molecule has 4 rings (SSSR count). The van der Waals surface area contributed by atoms with Gasteiger partial charge in [0.15, 0.2) is 0 Å². The number of nitrogens with zero attached hydrogens (tertiary/aromatic N) is 2. The number of aromatic nitrogens is 2. The van der Waals surface area contributed by atoms with Crippen LogP contribution in [0.25, 0.3) is 21.7 Å². The van der Waals surface area contributed by atoms with E-state index in [9.17, 15) is 4.79 Å². The molecule has 0 bridgehead atoms. The quantitative estimate of drug-likeness (QED) is 0.611. The van der Waals surface area contributed by atoms with Crippen molar-refractivity contribution in [3.8, 4) is 0 Å². The van der Waals surface area contributed by atoms with Crippen LogP contribution in [-0.4, -0.2) is 15.7 Å². The van der Waals surface area contributed by atoms with Crippen LogP contribution in [0, 0.1) is 0 Å². The topological polar surface area (TPSA) is 52.9 Å². The van der Waals surface area contributed by atoms with Gasteiger partial charge in [-0.05, 0) is 23.8 Å². The largest absolute Gasteiger partial charge is 0.346 e. The second-order valence-electron chi connectivity index (χ2n) is 6.00. The second-order valence-corrected chi connectivity index (χ2v) is 6.00. The second kappa shape index (κ2) is 7.13. The molecule has 0 atom stereocenters. The molecular formula is C20H20ClN3O. The first kappa shape index (κ1) is 17.3. The summed E-state index contributed by atoms with van der Waals surface area (Å²) < 4.78 is 3.89. The minimum absolute atomic E-state index is 0. The van der Waals surface area contributed by atoms with Crippen LogP contribution in [0.5, 0.6) is 0 Å². The van der Waals surface area contributed by atoms with Crippen molar-refractivity contribution in [3.63, 3.8) is 0 Å². The molecule has 0 radical (unpaired) electrons. The number of hydrogen-bond donors (Lipinski definition) is 1. The zero-order valence-electron chi connectivity index (χ0n) is 13.8. The molecule has 0 aliphatic heterocycles. The van der Waals surface area contributed by atoms with Gasteiger partial charge in [-0.25, -0.2) is 0 Å². The first-order valence-electron chi connectivity index (χ1n) is 8.13. The number of fused-ring (bicyclic) bond motifs is 3. The maximum atomic E-state index is 12.9. The third-order valence-electron chi connectivity index (χ3n) is 4.45. The molecule has 0 fully saturated rings. The van der Waals surface area contributed by atoms with Crippen molar-refractivity contribution < 1.29 is 0 Å². The summed E-state index contributed by atoms with van der Waals surface area (Å²) in [4.78, 5) is 12.9. The molecule has 0 aliphatic rings. The lowest BCUT2D eigenvalue weighted by Crippen LogP contribution is -2.20. The zero-order chi connectivity index (χ0) is 16.5. The number of benzene rings is 2. The average molecular weight is 354 g/mol. The number of hydrogen-bond acceptors (Lipinski definition) is 2. The minimum Gasteiger partial charge on any atom is -0.346 e. The van der Waals surface area contributed by atoms with Gasteiger partial charge in [0, 0.05) is 41.6 Å². The molecule has 0 saturated heterocycles. The van der Waals surface area contributed by atoms with Crippen LogP contribution < -0.4 is 11.3 Å². The van der Waals surface area contributed by atoms with Gasteiger partial charge in [0.1, 0.15) is 0 Å². The van der Waals surface area contributed by atoms with Crippen LogP contribution in [0.15, 0.2) is 71.8 Å². The van der Waals surface area contributed by atoms with Gasteiger partial charge < -0.3 is 14.9 Å². The Morgan fingerprint density at radius 3 is 2.36 bits per heavy atom. The van der Waals surface area contributed by atoms with Crippen molar-refractivity contribution >= 4 is 34.1 Å². The number of nitrogens with two attached hydrogens (primary N) is 1. The third-order valence-corrected chi connectivity index (χ3v) is 4.45. The van der Waals surface area contributed by atoms with Gasteiger partial charge in [0.2, 0.25) is 0 Å². The van der Waals surface area contributed by atoms with Crippen LogP contribution in [0.3, 0.4) is 0 Å². The summed E-state index contributed by atoms with van der Waals surface area (Å²) in [5.74, 6) is 0. The fraction of sp³-hybridized carbons (Fsp3) is 0.150. The van der Waals surface area contributed by atoms with Crippen molar-refractivity contribution in [2.75, 3.05) is 6.54 Å². The Morgan fingerprint density at radius 1 is 0.840 bits per heavy atom. The fourth-order valence-electron chi connectivity index (χ4n) is 3.30. The van der Waals surface area contributed by atoms with Gasteiger partial charge in [0.05, 0.1) is 12.1 Å². The molecule has 2 N–H and O–H groups in total. The Kier molecular flexibility index (Phi) is 4.93. The summed E-state index contributed by atoms with van der Waals surface area (Å²) in [5.41, 5.74) is 7.95. The van der Waals surface area contributed by atoms with E-state index in [0.29, 0.717) is 13.1 Å². The maximum absolute atomic E-state index is 12.9.